The molecule has 1 heterocycles. The molecule has 0 atom stereocenters. The van der Waals surface area contributed by atoms with Crippen LogP contribution in [0.25, 0.3) is 54.6 Å². The summed E-state index contributed by atoms with van der Waals surface area (Å²) in [6, 6.07) is 80.0. The van der Waals surface area contributed by atoms with E-state index in [2.05, 4.69) is 242 Å². The van der Waals surface area contributed by atoms with E-state index < -0.39 is 0 Å². The molecule has 0 N–H and O–H groups in total. The third-order valence-electron chi connectivity index (χ3n) is 12.4. The van der Waals surface area contributed by atoms with Gasteiger partial charge in [0.05, 0.1) is 17.1 Å². The van der Waals surface area contributed by atoms with Crippen molar-refractivity contribution < 1.29 is 0 Å². The highest BCUT2D eigenvalue weighted by molar-refractivity contribution is 6.14. The van der Waals surface area contributed by atoms with Gasteiger partial charge in [0.2, 0.25) is 0 Å². The highest BCUT2D eigenvalue weighted by Crippen LogP contribution is 2.56. The quantitative estimate of drug-likeness (QED) is 0.156. The highest BCUT2D eigenvalue weighted by atomic mass is 15.2. The molecule has 59 heavy (non-hydrogen) atoms. The Morgan fingerprint density at radius 2 is 0.898 bits per heavy atom. The SMILES string of the molecule is CC1(C)c2ccccc2N(c2c(-c3ccc(N(c4ccccc4)c4ccccc4)cc3)ccc3ccccc23)c2cc(-c3cc4ccccc4c4ccccc34)ccc21. The Morgan fingerprint density at radius 1 is 0.356 bits per heavy atom. The minimum atomic E-state index is -0.225. The van der Waals surface area contributed by atoms with Crippen LogP contribution in [-0.4, -0.2) is 0 Å². The van der Waals surface area contributed by atoms with Gasteiger partial charge in [-0.1, -0.05) is 178 Å². The molecule has 0 aromatic heterocycles. The predicted molar refractivity (Wildman–Crippen MR) is 251 cm³/mol. The van der Waals surface area contributed by atoms with E-state index in [1.807, 2.05) is 0 Å². The summed E-state index contributed by atoms with van der Waals surface area (Å²) >= 11 is 0. The van der Waals surface area contributed by atoms with Gasteiger partial charge in [0.1, 0.15) is 0 Å². The lowest BCUT2D eigenvalue weighted by molar-refractivity contribution is 0.632. The first kappa shape index (κ1) is 34.8. The van der Waals surface area contributed by atoms with Crippen molar-refractivity contribution in [1.29, 1.82) is 0 Å². The normalized spacial score (nSPS) is 13.0. The molecule has 0 unspecified atom stereocenters. The Balaban J connectivity index is 1.14. The maximum Gasteiger partial charge on any atom is 0.0618 e. The second-order valence-electron chi connectivity index (χ2n) is 16.1. The molecule has 0 saturated carbocycles. The molecule has 280 valence electrons. The Bertz CT molecular complexity index is 3140. The van der Waals surface area contributed by atoms with Crippen LogP contribution in [0.4, 0.5) is 34.1 Å². The van der Waals surface area contributed by atoms with Crippen LogP contribution >= 0.6 is 0 Å². The molecule has 2 heteroatoms. The first-order valence-corrected chi connectivity index (χ1v) is 20.5. The molecule has 0 saturated heterocycles. The maximum absolute atomic E-state index is 2.56. The van der Waals surface area contributed by atoms with Gasteiger partial charge in [0.15, 0.2) is 0 Å². The minimum absolute atomic E-state index is 0.225. The van der Waals surface area contributed by atoms with Crippen molar-refractivity contribution in [1.82, 2.24) is 0 Å². The fraction of sp³-hybridized carbons (Fsp3) is 0.0526. The van der Waals surface area contributed by atoms with Crippen molar-refractivity contribution in [3.8, 4) is 22.3 Å². The lowest BCUT2D eigenvalue weighted by atomic mass is 9.73. The van der Waals surface area contributed by atoms with Gasteiger partial charge < -0.3 is 9.80 Å². The lowest BCUT2D eigenvalue weighted by Gasteiger charge is -2.43. The molecular formula is C57H42N2. The molecule has 0 fully saturated rings. The van der Waals surface area contributed by atoms with Crippen molar-refractivity contribution in [3.63, 3.8) is 0 Å². The van der Waals surface area contributed by atoms with Crippen LogP contribution in [0.15, 0.2) is 218 Å². The first-order valence-electron chi connectivity index (χ1n) is 20.5. The fourth-order valence-corrected chi connectivity index (χ4v) is 9.54. The van der Waals surface area contributed by atoms with Gasteiger partial charge in [-0.05, 0) is 109 Å². The van der Waals surface area contributed by atoms with Crippen molar-refractivity contribution >= 4 is 66.4 Å². The summed E-state index contributed by atoms with van der Waals surface area (Å²) in [4.78, 5) is 4.89. The zero-order valence-electron chi connectivity index (χ0n) is 33.2. The van der Waals surface area contributed by atoms with Gasteiger partial charge in [-0.2, -0.15) is 0 Å². The van der Waals surface area contributed by atoms with Crippen LogP contribution in [0.1, 0.15) is 25.0 Å². The number of anilines is 6. The summed E-state index contributed by atoms with van der Waals surface area (Å²) in [7, 11) is 0. The summed E-state index contributed by atoms with van der Waals surface area (Å²) in [6.07, 6.45) is 0. The zero-order chi connectivity index (χ0) is 39.5. The highest BCUT2D eigenvalue weighted by Gasteiger charge is 2.38. The summed E-state index contributed by atoms with van der Waals surface area (Å²) in [5.74, 6) is 0. The van der Waals surface area contributed by atoms with E-state index in [1.165, 1.54) is 77.2 Å². The van der Waals surface area contributed by atoms with E-state index in [0.29, 0.717) is 0 Å². The summed E-state index contributed by atoms with van der Waals surface area (Å²) in [5, 5.41) is 7.50. The van der Waals surface area contributed by atoms with E-state index in [-0.39, 0.29) is 5.41 Å². The number of hydrogen-bond acceptors (Lipinski definition) is 2. The second-order valence-corrected chi connectivity index (χ2v) is 16.1. The average Bonchev–Trinajstić information content (AvgIpc) is 3.30. The van der Waals surface area contributed by atoms with Crippen LogP contribution < -0.4 is 9.80 Å². The number of fused-ring (bicyclic) bond motifs is 6. The van der Waals surface area contributed by atoms with Crippen LogP contribution in [0.5, 0.6) is 0 Å². The smallest absolute Gasteiger partial charge is 0.0618 e. The Morgan fingerprint density at radius 3 is 1.63 bits per heavy atom. The molecule has 2 nitrogen and oxygen atoms in total. The van der Waals surface area contributed by atoms with E-state index in [1.54, 1.807) is 0 Å². The molecule has 10 aromatic carbocycles. The molecule has 1 aliphatic rings. The van der Waals surface area contributed by atoms with Gasteiger partial charge in [-0.25, -0.2) is 0 Å². The molecule has 0 amide bonds. The van der Waals surface area contributed by atoms with E-state index in [4.69, 9.17) is 0 Å². The monoisotopic (exact) mass is 754 g/mol. The van der Waals surface area contributed by atoms with Gasteiger partial charge in [0.25, 0.3) is 0 Å². The molecule has 0 spiro atoms. The van der Waals surface area contributed by atoms with Crippen LogP contribution in [0.2, 0.25) is 0 Å². The number of hydrogen-bond donors (Lipinski definition) is 0. The molecule has 0 bridgehead atoms. The molecule has 1 aliphatic heterocycles. The number of benzene rings is 10. The van der Waals surface area contributed by atoms with Gasteiger partial charge in [0, 0.05) is 33.4 Å². The van der Waals surface area contributed by atoms with E-state index in [9.17, 15) is 0 Å². The van der Waals surface area contributed by atoms with Crippen LogP contribution in [-0.2, 0) is 5.41 Å². The maximum atomic E-state index is 2.56. The first-order chi connectivity index (χ1) is 29.0. The molecule has 0 radical (unpaired) electrons. The topological polar surface area (TPSA) is 6.48 Å². The second kappa shape index (κ2) is 13.9. The van der Waals surface area contributed by atoms with Crippen molar-refractivity contribution in [3.05, 3.63) is 230 Å². The molecule has 0 aliphatic carbocycles. The third-order valence-corrected chi connectivity index (χ3v) is 12.4. The van der Waals surface area contributed by atoms with Crippen molar-refractivity contribution in [2.45, 2.75) is 19.3 Å². The molecule has 10 aromatic rings. The standard InChI is InChI=1S/C57H42N2/c1-57(2)52-27-15-16-28-54(52)59(55-38-42(32-36-53(55)57)51-37-41-18-10-11-23-46(41)49-25-13-14-26-50(49)51)56-47-24-12-9-17-39(47)31-35-48(56)40-29-33-45(34-30-40)58(43-19-5-3-6-20-43)44-21-7-4-8-22-44/h3-38H,1-2H3. The van der Waals surface area contributed by atoms with Crippen molar-refractivity contribution in [2.24, 2.45) is 0 Å². The van der Waals surface area contributed by atoms with Gasteiger partial charge in [-0.15, -0.1) is 0 Å². The van der Waals surface area contributed by atoms with Gasteiger partial charge >= 0.3 is 0 Å². The Kier molecular flexibility index (Phi) is 8.20. The predicted octanol–water partition coefficient (Wildman–Crippen LogP) is 16.1. The number of rotatable bonds is 6. The van der Waals surface area contributed by atoms with E-state index >= 15 is 0 Å². The molecular weight excluding hydrogens is 713 g/mol. The summed E-state index contributed by atoms with van der Waals surface area (Å²) in [5.41, 5.74) is 14.1. The fourth-order valence-electron chi connectivity index (χ4n) is 9.54. The van der Waals surface area contributed by atoms with Crippen LogP contribution in [0.3, 0.4) is 0 Å². The van der Waals surface area contributed by atoms with Gasteiger partial charge in [-0.3, -0.25) is 0 Å². The average molecular weight is 755 g/mol. The number of nitrogens with zero attached hydrogens (tertiary/aromatic N) is 2. The molecule has 11 rings (SSSR count). The van der Waals surface area contributed by atoms with Crippen molar-refractivity contribution in [2.75, 3.05) is 9.80 Å². The summed E-state index contributed by atoms with van der Waals surface area (Å²) in [6.45, 7) is 4.75. The Hall–Kier alpha value is -7.42. The zero-order valence-corrected chi connectivity index (χ0v) is 33.2. The summed E-state index contributed by atoms with van der Waals surface area (Å²) < 4.78 is 0. The largest absolute Gasteiger partial charge is 0.311 e. The lowest BCUT2D eigenvalue weighted by Crippen LogP contribution is -2.31. The van der Waals surface area contributed by atoms with Crippen LogP contribution in [0, 0.1) is 0 Å². The van der Waals surface area contributed by atoms with E-state index in [0.717, 1.165) is 22.6 Å². The Labute approximate surface area is 345 Å². The third kappa shape index (κ3) is 5.71. The minimum Gasteiger partial charge on any atom is -0.311 e. The number of para-hydroxylation sites is 3.